The molecule has 40 heavy (non-hydrogen) atoms. The molecule has 0 heterocycles. The molecule has 3 N–H and O–H groups in total. The summed E-state index contributed by atoms with van der Waals surface area (Å²) in [7, 11) is 0. The van der Waals surface area contributed by atoms with Gasteiger partial charge < -0.3 is 20.3 Å². The number of hydrogen-bond acceptors (Lipinski definition) is 5. The standard InChI is InChI=1S/C34H60N2O4/c1-24(2)7-6-8-25(3)29-11-12-30-28-10-9-26-23-27(13-15-33(26,4)31(28)14-16-34(29,30)5)35-32(39)40-22-19-36(17-20-37)18-21-38/h9,24-25,27-31,37-38H,6-8,10-23H2,1-5H3,(H,35,39)/t25-,27?,28?,29-,30?,31?,33+,34-/m1/s1. The Bertz CT molecular complexity index is 855. The van der Waals surface area contributed by atoms with Gasteiger partial charge in [-0.2, -0.15) is 0 Å². The summed E-state index contributed by atoms with van der Waals surface area (Å²) in [6.45, 7) is 14.3. The van der Waals surface area contributed by atoms with Crippen LogP contribution in [-0.4, -0.2) is 66.7 Å². The molecule has 1 amide bonds. The molecule has 0 aromatic heterocycles. The van der Waals surface area contributed by atoms with Gasteiger partial charge in [0.15, 0.2) is 0 Å². The Morgan fingerprint density at radius 3 is 2.48 bits per heavy atom. The van der Waals surface area contributed by atoms with Crippen molar-refractivity contribution in [3.8, 4) is 0 Å². The maximum atomic E-state index is 12.6. The smallest absolute Gasteiger partial charge is 0.407 e. The molecule has 0 aromatic carbocycles. The van der Waals surface area contributed by atoms with Crippen molar-refractivity contribution in [2.75, 3.05) is 39.5 Å². The van der Waals surface area contributed by atoms with Crippen LogP contribution in [0, 0.1) is 46.3 Å². The fourth-order valence-corrected chi connectivity index (χ4v) is 9.90. The Hall–Kier alpha value is -1.11. The van der Waals surface area contributed by atoms with Crippen LogP contribution >= 0.6 is 0 Å². The molecule has 3 saturated carbocycles. The number of ether oxygens (including phenoxy) is 1. The summed E-state index contributed by atoms with van der Waals surface area (Å²) >= 11 is 0. The molecular formula is C34H60N2O4. The Balaban J connectivity index is 1.31. The Labute approximate surface area is 244 Å². The number of nitrogens with one attached hydrogen (secondary N) is 1. The van der Waals surface area contributed by atoms with Crippen molar-refractivity contribution in [3.63, 3.8) is 0 Å². The zero-order valence-corrected chi connectivity index (χ0v) is 26.3. The van der Waals surface area contributed by atoms with Gasteiger partial charge in [-0.05, 0) is 97.7 Å². The largest absolute Gasteiger partial charge is 0.448 e. The van der Waals surface area contributed by atoms with Crippen LogP contribution in [0.5, 0.6) is 0 Å². The topological polar surface area (TPSA) is 82.0 Å². The average Bonchev–Trinajstić information content (AvgIpc) is 3.26. The minimum Gasteiger partial charge on any atom is -0.448 e. The molecule has 0 saturated heterocycles. The third-order valence-corrected chi connectivity index (χ3v) is 12.1. The maximum Gasteiger partial charge on any atom is 0.407 e. The molecule has 0 aromatic rings. The molecule has 0 radical (unpaired) electrons. The molecule has 4 aliphatic rings. The van der Waals surface area contributed by atoms with Crippen molar-refractivity contribution in [1.82, 2.24) is 10.2 Å². The highest BCUT2D eigenvalue weighted by Gasteiger charge is 2.59. The monoisotopic (exact) mass is 560 g/mol. The number of nitrogens with zero attached hydrogens (tertiary/aromatic N) is 1. The van der Waals surface area contributed by atoms with Crippen LogP contribution in [0.2, 0.25) is 0 Å². The number of carbonyl (C=O) groups excluding carboxylic acids is 1. The molecule has 6 nitrogen and oxygen atoms in total. The van der Waals surface area contributed by atoms with E-state index in [1.165, 1.54) is 51.4 Å². The number of allylic oxidation sites excluding steroid dienone is 1. The molecule has 230 valence electrons. The van der Waals surface area contributed by atoms with Crippen LogP contribution < -0.4 is 5.32 Å². The van der Waals surface area contributed by atoms with Gasteiger partial charge in [0, 0.05) is 25.7 Å². The van der Waals surface area contributed by atoms with Crippen LogP contribution in [0.15, 0.2) is 11.6 Å². The number of rotatable bonds is 13. The van der Waals surface area contributed by atoms with Gasteiger partial charge >= 0.3 is 6.09 Å². The molecule has 4 rings (SSSR count). The fourth-order valence-electron chi connectivity index (χ4n) is 9.90. The molecule has 6 heteroatoms. The van der Waals surface area contributed by atoms with E-state index in [0.717, 1.165) is 54.8 Å². The van der Waals surface area contributed by atoms with E-state index in [1.54, 1.807) is 5.57 Å². The predicted octanol–water partition coefficient (Wildman–Crippen LogP) is 6.41. The van der Waals surface area contributed by atoms with Crippen molar-refractivity contribution >= 4 is 6.09 Å². The maximum absolute atomic E-state index is 12.6. The lowest BCUT2D eigenvalue weighted by atomic mass is 9.47. The first kappa shape index (κ1) is 31.8. The average molecular weight is 561 g/mol. The third-order valence-electron chi connectivity index (χ3n) is 12.1. The second kappa shape index (κ2) is 13.9. The SMILES string of the molecule is CC(C)CCC[C@@H](C)[C@H]1CCC2C3CC=C4CC(NC(=O)OCCN(CCO)CCO)CC[C@]4(C)C3CC[C@@]21C. The van der Waals surface area contributed by atoms with Gasteiger partial charge in [0.05, 0.1) is 13.2 Å². The lowest BCUT2D eigenvalue weighted by Crippen LogP contribution is -2.52. The first-order valence-electron chi connectivity index (χ1n) is 16.7. The van der Waals surface area contributed by atoms with E-state index in [0.29, 0.717) is 25.0 Å². The fraction of sp³-hybridized carbons (Fsp3) is 0.912. The summed E-state index contributed by atoms with van der Waals surface area (Å²) in [5.41, 5.74) is 2.39. The van der Waals surface area contributed by atoms with E-state index in [2.05, 4.69) is 46.0 Å². The summed E-state index contributed by atoms with van der Waals surface area (Å²) in [6, 6.07) is 0.144. The van der Waals surface area contributed by atoms with Gasteiger partial charge in [-0.15, -0.1) is 0 Å². The predicted molar refractivity (Wildman–Crippen MR) is 162 cm³/mol. The zero-order chi connectivity index (χ0) is 28.9. The minimum absolute atomic E-state index is 0.0299. The van der Waals surface area contributed by atoms with E-state index in [9.17, 15) is 4.79 Å². The Morgan fingerprint density at radius 1 is 1.02 bits per heavy atom. The van der Waals surface area contributed by atoms with Crippen LogP contribution in [0.4, 0.5) is 4.79 Å². The molecule has 0 aliphatic heterocycles. The van der Waals surface area contributed by atoms with E-state index in [-0.39, 0.29) is 37.4 Å². The number of amides is 1. The van der Waals surface area contributed by atoms with Crippen molar-refractivity contribution in [2.45, 2.75) is 111 Å². The number of hydrogen-bond donors (Lipinski definition) is 3. The molecule has 4 unspecified atom stereocenters. The quantitative estimate of drug-likeness (QED) is 0.227. The second-order valence-electron chi connectivity index (χ2n) is 14.8. The highest BCUT2D eigenvalue weighted by atomic mass is 16.5. The summed E-state index contributed by atoms with van der Waals surface area (Å²) in [4.78, 5) is 14.5. The highest BCUT2D eigenvalue weighted by Crippen LogP contribution is 2.67. The van der Waals surface area contributed by atoms with E-state index in [1.807, 2.05) is 4.90 Å². The van der Waals surface area contributed by atoms with Gasteiger partial charge in [0.1, 0.15) is 6.61 Å². The molecule has 0 spiro atoms. The van der Waals surface area contributed by atoms with Crippen LogP contribution in [0.1, 0.15) is 105 Å². The van der Waals surface area contributed by atoms with Gasteiger partial charge in [-0.25, -0.2) is 4.79 Å². The Morgan fingerprint density at radius 2 is 1.77 bits per heavy atom. The number of aliphatic hydroxyl groups is 2. The Kier molecular flexibility index (Phi) is 11.1. The summed E-state index contributed by atoms with van der Waals surface area (Å²) in [5.74, 6) is 5.06. The second-order valence-corrected chi connectivity index (χ2v) is 14.8. The highest BCUT2D eigenvalue weighted by molar-refractivity contribution is 5.67. The van der Waals surface area contributed by atoms with Crippen molar-refractivity contribution < 1.29 is 19.7 Å². The molecule has 0 bridgehead atoms. The molecule has 4 aliphatic carbocycles. The van der Waals surface area contributed by atoms with Gasteiger partial charge in [0.25, 0.3) is 0 Å². The number of carbonyl (C=O) groups is 1. The minimum atomic E-state index is -0.344. The first-order valence-corrected chi connectivity index (χ1v) is 16.7. The van der Waals surface area contributed by atoms with E-state index < -0.39 is 0 Å². The normalized spacial score (nSPS) is 36.0. The van der Waals surface area contributed by atoms with Crippen LogP contribution in [0.25, 0.3) is 0 Å². The first-order chi connectivity index (χ1) is 19.1. The van der Waals surface area contributed by atoms with Gasteiger partial charge in [-0.1, -0.05) is 65.5 Å². The number of aliphatic hydroxyl groups excluding tert-OH is 2. The third kappa shape index (κ3) is 6.92. The summed E-state index contributed by atoms with van der Waals surface area (Å²) in [5, 5.41) is 21.5. The van der Waals surface area contributed by atoms with Crippen LogP contribution in [-0.2, 0) is 4.74 Å². The molecular weight excluding hydrogens is 500 g/mol. The summed E-state index contributed by atoms with van der Waals surface area (Å²) in [6.07, 6.45) is 16.4. The van der Waals surface area contributed by atoms with Gasteiger partial charge in [0.2, 0.25) is 0 Å². The zero-order valence-electron chi connectivity index (χ0n) is 26.3. The summed E-state index contributed by atoms with van der Waals surface area (Å²) < 4.78 is 5.46. The number of alkyl carbamates (subject to hydrolysis) is 1. The van der Waals surface area contributed by atoms with Gasteiger partial charge in [-0.3, -0.25) is 4.90 Å². The van der Waals surface area contributed by atoms with Crippen molar-refractivity contribution in [3.05, 3.63) is 11.6 Å². The lowest BCUT2D eigenvalue weighted by molar-refractivity contribution is -0.0514. The van der Waals surface area contributed by atoms with E-state index in [4.69, 9.17) is 14.9 Å². The van der Waals surface area contributed by atoms with E-state index >= 15 is 0 Å². The van der Waals surface area contributed by atoms with Crippen molar-refractivity contribution in [2.24, 2.45) is 46.3 Å². The molecule has 8 atom stereocenters. The number of fused-ring (bicyclic) bond motifs is 5. The lowest BCUT2D eigenvalue weighted by Gasteiger charge is -2.58. The van der Waals surface area contributed by atoms with Crippen LogP contribution in [0.3, 0.4) is 0 Å². The van der Waals surface area contributed by atoms with Crippen molar-refractivity contribution in [1.29, 1.82) is 0 Å². The molecule has 3 fully saturated rings.